The number of carbonyl (C=O) groups is 6. The van der Waals surface area contributed by atoms with Crippen molar-refractivity contribution >= 4 is 35.9 Å². The second-order valence-electron chi connectivity index (χ2n) is 13.7. The summed E-state index contributed by atoms with van der Waals surface area (Å²) in [5.74, 6) is -1.23. The number of nitrogens with two attached hydrogens (primary N) is 1. The SMILES string of the molecule is CC(=O)NC[C@@H]1CN(C(=O)OC(C)(C)C)CCO1.CC(=O)NC[C@@H]1CNCCO1.CC(=O)OC(C)=O.CC(C)(C)OC(=O)N1CCO[C@H](CN)C1. The molecule has 0 aromatic rings. The molecule has 3 saturated heterocycles. The minimum absolute atomic E-state index is 0.000765. The zero-order valence-corrected chi connectivity index (χ0v) is 32.1. The molecule has 0 unspecified atom stereocenters. The van der Waals surface area contributed by atoms with Crippen LogP contribution >= 0.6 is 0 Å². The Morgan fingerprint density at radius 1 is 0.686 bits per heavy atom. The van der Waals surface area contributed by atoms with Crippen molar-refractivity contribution in [1.82, 2.24) is 25.8 Å². The van der Waals surface area contributed by atoms with Crippen LogP contribution in [0.25, 0.3) is 0 Å². The molecule has 0 spiro atoms. The van der Waals surface area contributed by atoms with Crippen LogP contribution in [0.2, 0.25) is 0 Å². The summed E-state index contributed by atoms with van der Waals surface area (Å²) in [4.78, 5) is 67.7. The van der Waals surface area contributed by atoms with Crippen molar-refractivity contribution in [3.63, 3.8) is 0 Å². The highest BCUT2D eigenvalue weighted by atomic mass is 16.6. The summed E-state index contributed by atoms with van der Waals surface area (Å²) < 4.78 is 30.7. The van der Waals surface area contributed by atoms with Crippen LogP contribution in [0, 0.1) is 0 Å². The van der Waals surface area contributed by atoms with Crippen molar-refractivity contribution in [2.24, 2.45) is 5.73 Å². The molecule has 5 N–H and O–H groups in total. The first-order valence-corrected chi connectivity index (χ1v) is 17.0. The van der Waals surface area contributed by atoms with Crippen molar-refractivity contribution in [3.8, 4) is 0 Å². The molecule has 3 aliphatic rings. The molecule has 3 atom stereocenters. The van der Waals surface area contributed by atoms with Crippen LogP contribution in [0.3, 0.4) is 0 Å². The molecule has 51 heavy (non-hydrogen) atoms. The van der Waals surface area contributed by atoms with Crippen molar-refractivity contribution in [2.75, 3.05) is 78.7 Å². The molecular weight excluding hydrogens is 672 g/mol. The molecular formula is C33H62N6O12. The van der Waals surface area contributed by atoms with Gasteiger partial charge in [0.15, 0.2) is 0 Å². The highest BCUT2D eigenvalue weighted by molar-refractivity contribution is 5.82. The maximum atomic E-state index is 11.9. The van der Waals surface area contributed by atoms with Crippen LogP contribution in [0.5, 0.6) is 0 Å². The largest absolute Gasteiger partial charge is 0.444 e. The van der Waals surface area contributed by atoms with Crippen LogP contribution < -0.4 is 21.7 Å². The van der Waals surface area contributed by atoms with Gasteiger partial charge in [0.25, 0.3) is 0 Å². The van der Waals surface area contributed by atoms with Crippen molar-refractivity contribution < 1.29 is 57.2 Å². The molecule has 3 fully saturated rings. The van der Waals surface area contributed by atoms with Crippen molar-refractivity contribution in [1.29, 1.82) is 0 Å². The number of nitrogens with zero attached hydrogens (tertiary/aromatic N) is 2. The van der Waals surface area contributed by atoms with E-state index in [-0.39, 0.29) is 42.3 Å². The van der Waals surface area contributed by atoms with E-state index < -0.39 is 23.1 Å². The third-order valence-electron chi connectivity index (χ3n) is 6.29. The van der Waals surface area contributed by atoms with E-state index in [9.17, 15) is 28.8 Å². The average Bonchev–Trinajstić information content (AvgIpc) is 3.02. The molecule has 3 heterocycles. The summed E-state index contributed by atoms with van der Waals surface area (Å²) in [5.41, 5.74) is 4.54. The molecule has 0 aromatic heterocycles. The number of hydrogen-bond donors (Lipinski definition) is 4. The number of nitrogens with one attached hydrogen (secondary N) is 3. The maximum Gasteiger partial charge on any atom is 0.410 e. The van der Waals surface area contributed by atoms with Crippen LogP contribution in [-0.2, 0) is 47.6 Å². The summed E-state index contributed by atoms with van der Waals surface area (Å²) in [6, 6.07) is 0. The first-order chi connectivity index (χ1) is 23.6. The Hall–Kier alpha value is -3.58. The fraction of sp³-hybridized carbons (Fsp3) is 0.818. The van der Waals surface area contributed by atoms with E-state index >= 15 is 0 Å². The monoisotopic (exact) mass is 734 g/mol. The van der Waals surface area contributed by atoms with E-state index in [1.807, 2.05) is 41.5 Å². The molecule has 0 saturated carbocycles. The summed E-state index contributed by atoms with van der Waals surface area (Å²) >= 11 is 0. The quantitative estimate of drug-likeness (QED) is 0.172. The number of esters is 2. The van der Waals surface area contributed by atoms with Crippen LogP contribution in [0.15, 0.2) is 0 Å². The lowest BCUT2D eigenvalue weighted by molar-refractivity contribution is -0.156. The van der Waals surface area contributed by atoms with Gasteiger partial charge in [-0.3, -0.25) is 19.2 Å². The second kappa shape index (κ2) is 24.6. The average molecular weight is 735 g/mol. The predicted molar refractivity (Wildman–Crippen MR) is 187 cm³/mol. The lowest BCUT2D eigenvalue weighted by Crippen LogP contribution is -2.50. The first kappa shape index (κ1) is 47.4. The summed E-state index contributed by atoms with van der Waals surface area (Å²) in [6.45, 7) is 23.4. The van der Waals surface area contributed by atoms with E-state index in [1.54, 1.807) is 9.80 Å². The minimum atomic E-state index is -0.562. The molecule has 0 bridgehead atoms. The number of rotatable bonds is 5. The topological polar surface area (TPSA) is 226 Å². The molecule has 4 amide bonds. The number of hydrogen-bond acceptors (Lipinski definition) is 14. The smallest absolute Gasteiger partial charge is 0.410 e. The van der Waals surface area contributed by atoms with Gasteiger partial charge in [-0.2, -0.15) is 0 Å². The maximum absolute atomic E-state index is 11.9. The van der Waals surface area contributed by atoms with Gasteiger partial charge in [0.1, 0.15) is 11.2 Å². The number of amides is 4. The Balaban J connectivity index is 0.000000687. The van der Waals surface area contributed by atoms with Crippen molar-refractivity contribution in [2.45, 2.75) is 98.8 Å². The normalized spacial score (nSPS) is 20.3. The molecule has 0 aromatic carbocycles. The zero-order chi connectivity index (χ0) is 39.2. The van der Waals surface area contributed by atoms with E-state index in [2.05, 4.69) is 20.7 Å². The zero-order valence-electron chi connectivity index (χ0n) is 32.1. The summed E-state index contributed by atoms with van der Waals surface area (Å²) in [7, 11) is 0. The Kier molecular flexibility index (Phi) is 22.9. The van der Waals surface area contributed by atoms with Gasteiger partial charge in [-0.25, -0.2) is 9.59 Å². The second-order valence-corrected chi connectivity index (χ2v) is 13.7. The van der Waals surface area contributed by atoms with E-state index in [0.717, 1.165) is 19.7 Å². The molecule has 18 nitrogen and oxygen atoms in total. The van der Waals surface area contributed by atoms with E-state index in [0.29, 0.717) is 59.0 Å². The van der Waals surface area contributed by atoms with Gasteiger partial charge in [0.2, 0.25) is 11.8 Å². The van der Waals surface area contributed by atoms with Crippen molar-refractivity contribution in [3.05, 3.63) is 0 Å². The molecule has 3 rings (SSSR count). The van der Waals surface area contributed by atoms with Gasteiger partial charge < -0.3 is 59.9 Å². The third kappa shape index (κ3) is 26.8. The van der Waals surface area contributed by atoms with Gasteiger partial charge in [0, 0.05) is 73.5 Å². The number of carbonyl (C=O) groups excluding carboxylic acids is 6. The lowest BCUT2D eigenvalue weighted by atomic mass is 10.2. The molecule has 3 aliphatic heterocycles. The Labute approximate surface area is 302 Å². The van der Waals surface area contributed by atoms with Gasteiger partial charge in [-0.05, 0) is 41.5 Å². The van der Waals surface area contributed by atoms with E-state index in [1.165, 1.54) is 27.7 Å². The van der Waals surface area contributed by atoms with Crippen LogP contribution in [0.4, 0.5) is 9.59 Å². The minimum Gasteiger partial charge on any atom is -0.444 e. The van der Waals surface area contributed by atoms with Crippen LogP contribution in [-0.4, -0.2) is 154 Å². The molecule has 0 radical (unpaired) electrons. The van der Waals surface area contributed by atoms with Gasteiger partial charge in [-0.1, -0.05) is 0 Å². The third-order valence-corrected chi connectivity index (χ3v) is 6.29. The number of morpholine rings is 3. The highest BCUT2D eigenvalue weighted by Gasteiger charge is 2.29. The van der Waals surface area contributed by atoms with Gasteiger partial charge in [-0.15, -0.1) is 0 Å². The fourth-order valence-corrected chi connectivity index (χ4v) is 4.16. The molecule has 296 valence electrons. The standard InChI is InChI=1S/C12H22N2O4.C10H20N2O3.C7H14N2O2.C4H6O3/c1-9(15)13-7-10-8-14(5-6-17-10)11(16)18-12(2,3)4;1-10(2,3)15-9(13)12-4-5-14-8(6-11)7-12;1-6(10)9-5-7-4-8-2-3-11-7;1-3(5)7-4(2)6/h10H,5-8H2,1-4H3,(H,13,15);8H,4-7,11H2,1-3H3;7-8H,2-5H2,1H3,(H,9,10);1-2H3/t10-;8-;7-;/m110./s1. The van der Waals surface area contributed by atoms with E-state index in [4.69, 9.17) is 29.4 Å². The Bertz CT molecular complexity index is 1080. The Morgan fingerprint density at radius 3 is 1.45 bits per heavy atom. The predicted octanol–water partition coefficient (Wildman–Crippen LogP) is 0.546. The highest BCUT2D eigenvalue weighted by Crippen LogP contribution is 2.14. The summed E-state index contributed by atoms with van der Waals surface area (Å²) in [5, 5.41) is 8.57. The lowest BCUT2D eigenvalue weighted by Gasteiger charge is -2.34. The Morgan fingerprint density at radius 2 is 1.10 bits per heavy atom. The number of ether oxygens (including phenoxy) is 6. The van der Waals surface area contributed by atoms with Crippen LogP contribution in [0.1, 0.15) is 69.2 Å². The fourth-order valence-electron chi connectivity index (χ4n) is 4.16. The summed E-state index contributed by atoms with van der Waals surface area (Å²) in [6.07, 6.45) is -0.711. The first-order valence-electron chi connectivity index (χ1n) is 17.0. The molecule has 0 aliphatic carbocycles. The van der Waals surface area contributed by atoms with Gasteiger partial charge in [0.05, 0.1) is 51.2 Å². The molecule has 18 heteroatoms. The van der Waals surface area contributed by atoms with Gasteiger partial charge >= 0.3 is 24.1 Å².